The van der Waals surface area contributed by atoms with Gasteiger partial charge in [-0.05, 0) is 30.2 Å². The molecule has 126 valence electrons. The van der Waals surface area contributed by atoms with Crippen LogP contribution in [0.15, 0.2) is 89.8 Å². The first-order valence-electron chi connectivity index (χ1n) is 8.21. The molecule has 3 rings (SSSR count). The number of rotatable bonds is 6. The summed E-state index contributed by atoms with van der Waals surface area (Å²) < 4.78 is 5.58. The molecular formula is C22H20O2S. The summed E-state index contributed by atoms with van der Waals surface area (Å²) >= 11 is 1.52. The number of hydrogen-bond donors (Lipinski definition) is 0. The number of carbonyl (C=O) groups is 1. The van der Waals surface area contributed by atoms with Crippen LogP contribution in [0.2, 0.25) is 0 Å². The zero-order valence-electron chi connectivity index (χ0n) is 14.1. The fourth-order valence-corrected chi connectivity index (χ4v) is 3.46. The van der Waals surface area contributed by atoms with Crippen molar-refractivity contribution in [2.75, 3.05) is 0 Å². The highest BCUT2D eigenvalue weighted by Gasteiger charge is 2.23. The highest BCUT2D eigenvalue weighted by molar-refractivity contribution is 8.00. The Morgan fingerprint density at radius 3 is 2.12 bits per heavy atom. The minimum atomic E-state index is -0.382. The molecule has 1 atom stereocenters. The number of hydrogen-bond acceptors (Lipinski definition) is 3. The van der Waals surface area contributed by atoms with E-state index in [2.05, 4.69) is 19.1 Å². The summed E-state index contributed by atoms with van der Waals surface area (Å²) in [6, 6.07) is 27.7. The molecule has 0 amide bonds. The maximum absolute atomic E-state index is 12.7. The molecule has 0 N–H and O–H groups in total. The summed E-state index contributed by atoms with van der Waals surface area (Å²) in [4.78, 5) is 13.8. The standard InChI is InChI=1S/C22H20O2S/c1-17-12-14-20(15-13-17)25-21(19-10-6-3-7-11-19)22(23)24-16-18-8-4-2-5-9-18/h2-15,21H,16H2,1H3. The molecule has 0 aliphatic rings. The Balaban J connectivity index is 1.76. The van der Waals surface area contributed by atoms with E-state index in [-0.39, 0.29) is 17.8 Å². The van der Waals surface area contributed by atoms with Crippen LogP contribution in [-0.4, -0.2) is 5.97 Å². The number of carbonyl (C=O) groups excluding carboxylic acids is 1. The van der Waals surface area contributed by atoms with Gasteiger partial charge in [0.2, 0.25) is 0 Å². The van der Waals surface area contributed by atoms with E-state index < -0.39 is 0 Å². The van der Waals surface area contributed by atoms with E-state index in [0.717, 1.165) is 16.0 Å². The molecule has 0 spiro atoms. The first-order valence-corrected chi connectivity index (χ1v) is 9.09. The van der Waals surface area contributed by atoms with E-state index in [9.17, 15) is 4.79 Å². The van der Waals surface area contributed by atoms with Crippen LogP contribution in [0.3, 0.4) is 0 Å². The van der Waals surface area contributed by atoms with Crippen molar-refractivity contribution >= 4 is 17.7 Å². The van der Waals surface area contributed by atoms with Crippen molar-refractivity contribution in [3.05, 3.63) is 102 Å². The molecular weight excluding hydrogens is 328 g/mol. The predicted octanol–water partition coefficient (Wildman–Crippen LogP) is 5.57. The van der Waals surface area contributed by atoms with E-state index in [4.69, 9.17) is 4.74 Å². The Morgan fingerprint density at radius 2 is 1.48 bits per heavy atom. The number of benzene rings is 3. The fourth-order valence-electron chi connectivity index (χ4n) is 2.44. The molecule has 0 fully saturated rings. The number of ether oxygens (including phenoxy) is 1. The van der Waals surface area contributed by atoms with Gasteiger partial charge in [0.05, 0.1) is 0 Å². The molecule has 0 aliphatic carbocycles. The van der Waals surface area contributed by atoms with Gasteiger partial charge in [0, 0.05) is 4.90 Å². The largest absolute Gasteiger partial charge is 0.460 e. The smallest absolute Gasteiger partial charge is 0.324 e. The number of esters is 1. The molecule has 0 aliphatic heterocycles. The van der Waals surface area contributed by atoms with E-state index in [1.54, 1.807) is 0 Å². The molecule has 3 aromatic rings. The van der Waals surface area contributed by atoms with Gasteiger partial charge in [0.1, 0.15) is 11.9 Å². The molecule has 25 heavy (non-hydrogen) atoms. The summed E-state index contributed by atoms with van der Waals surface area (Å²) in [5.41, 5.74) is 3.14. The van der Waals surface area contributed by atoms with E-state index >= 15 is 0 Å². The second kappa shape index (κ2) is 8.54. The third kappa shape index (κ3) is 4.97. The van der Waals surface area contributed by atoms with E-state index in [1.165, 1.54) is 17.3 Å². The zero-order chi connectivity index (χ0) is 17.5. The minimum Gasteiger partial charge on any atom is -0.460 e. The molecule has 0 radical (unpaired) electrons. The van der Waals surface area contributed by atoms with E-state index in [0.29, 0.717) is 0 Å². The quantitative estimate of drug-likeness (QED) is 0.430. The third-order valence-electron chi connectivity index (χ3n) is 3.82. The minimum absolute atomic E-state index is 0.222. The normalized spacial score (nSPS) is 11.7. The van der Waals surface area contributed by atoms with Crippen LogP contribution in [0, 0.1) is 6.92 Å². The van der Waals surface area contributed by atoms with Gasteiger partial charge >= 0.3 is 5.97 Å². The number of aryl methyl sites for hydroxylation is 1. The van der Waals surface area contributed by atoms with Crippen LogP contribution in [0.5, 0.6) is 0 Å². The molecule has 2 nitrogen and oxygen atoms in total. The van der Waals surface area contributed by atoms with Crippen LogP contribution in [-0.2, 0) is 16.1 Å². The molecule has 3 aromatic carbocycles. The van der Waals surface area contributed by atoms with Crippen molar-refractivity contribution in [1.29, 1.82) is 0 Å². The van der Waals surface area contributed by atoms with Crippen LogP contribution in [0.4, 0.5) is 0 Å². The summed E-state index contributed by atoms with van der Waals surface area (Å²) in [5, 5.41) is -0.382. The maximum atomic E-state index is 12.7. The monoisotopic (exact) mass is 348 g/mol. The average Bonchev–Trinajstić information content (AvgIpc) is 2.67. The topological polar surface area (TPSA) is 26.3 Å². The Kier molecular flexibility index (Phi) is 5.91. The lowest BCUT2D eigenvalue weighted by Crippen LogP contribution is -2.13. The molecule has 0 aromatic heterocycles. The zero-order valence-corrected chi connectivity index (χ0v) is 14.9. The highest BCUT2D eigenvalue weighted by atomic mass is 32.2. The van der Waals surface area contributed by atoms with Crippen molar-refractivity contribution in [2.45, 2.75) is 23.7 Å². The average molecular weight is 348 g/mol. The Hall–Kier alpha value is -2.52. The lowest BCUT2D eigenvalue weighted by atomic mass is 10.1. The van der Waals surface area contributed by atoms with Gasteiger partial charge in [-0.25, -0.2) is 0 Å². The second-order valence-electron chi connectivity index (χ2n) is 5.81. The summed E-state index contributed by atoms with van der Waals surface area (Å²) in [6.45, 7) is 2.34. The fraction of sp³-hybridized carbons (Fsp3) is 0.136. The Bertz CT molecular complexity index is 798. The van der Waals surface area contributed by atoms with Crippen LogP contribution < -0.4 is 0 Å². The summed E-state index contributed by atoms with van der Waals surface area (Å²) in [5.74, 6) is -0.222. The molecule has 3 heteroatoms. The number of thioether (sulfide) groups is 1. The van der Waals surface area contributed by atoms with Gasteiger partial charge in [-0.1, -0.05) is 78.4 Å². The van der Waals surface area contributed by atoms with Crippen LogP contribution in [0.25, 0.3) is 0 Å². The van der Waals surface area contributed by atoms with Gasteiger partial charge in [-0.15, -0.1) is 11.8 Å². The SMILES string of the molecule is Cc1ccc(SC(C(=O)OCc2ccccc2)c2ccccc2)cc1. The van der Waals surface area contributed by atoms with Crippen molar-refractivity contribution in [3.63, 3.8) is 0 Å². The van der Waals surface area contributed by atoms with Gasteiger partial charge in [-0.2, -0.15) is 0 Å². The van der Waals surface area contributed by atoms with Gasteiger partial charge in [0.25, 0.3) is 0 Å². The van der Waals surface area contributed by atoms with Gasteiger partial charge in [-0.3, -0.25) is 4.79 Å². The van der Waals surface area contributed by atoms with E-state index in [1.807, 2.05) is 72.8 Å². The van der Waals surface area contributed by atoms with Gasteiger partial charge in [0.15, 0.2) is 0 Å². The van der Waals surface area contributed by atoms with Crippen molar-refractivity contribution < 1.29 is 9.53 Å². The second-order valence-corrected chi connectivity index (χ2v) is 6.99. The molecule has 0 saturated heterocycles. The molecule has 0 heterocycles. The lowest BCUT2D eigenvalue weighted by molar-refractivity contribution is -0.144. The van der Waals surface area contributed by atoms with Gasteiger partial charge < -0.3 is 4.74 Å². The lowest BCUT2D eigenvalue weighted by Gasteiger charge is -2.16. The Labute approximate surface area is 152 Å². The molecule has 0 bridgehead atoms. The summed E-state index contributed by atoms with van der Waals surface area (Å²) in [7, 11) is 0. The van der Waals surface area contributed by atoms with Crippen molar-refractivity contribution in [3.8, 4) is 0 Å². The van der Waals surface area contributed by atoms with Crippen molar-refractivity contribution in [1.82, 2.24) is 0 Å². The maximum Gasteiger partial charge on any atom is 0.324 e. The third-order valence-corrected chi connectivity index (χ3v) is 5.06. The van der Waals surface area contributed by atoms with Crippen molar-refractivity contribution in [2.24, 2.45) is 0 Å². The highest BCUT2D eigenvalue weighted by Crippen LogP contribution is 2.36. The Morgan fingerprint density at radius 1 is 0.880 bits per heavy atom. The first kappa shape index (κ1) is 17.3. The van der Waals surface area contributed by atoms with Crippen LogP contribution >= 0.6 is 11.8 Å². The molecule has 0 saturated carbocycles. The molecule has 1 unspecified atom stereocenters. The first-order chi connectivity index (χ1) is 12.2. The predicted molar refractivity (Wildman–Crippen MR) is 102 cm³/mol. The summed E-state index contributed by atoms with van der Waals surface area (Å²) in [6.07, 6.45) is 0. The van der Waals surface area contributed by atoms with Crippen LogP contribution in [0.1, 0.15) is 21.9 Å².